The first kappa shape index (κ1) is 22.1. The fourth-order valence-electron chi connectivity index (χ4n) is 4.12. The Labute approximate surface area is 192 Å². The summed E-state index contributed by atoms with van der Waals surface area (Å²) in [5, 5.41) is 6.32. The van der Waals surface area contributed by atoms with Crippen molar-refractivity contribution in [1.29, 1.82) is 0 Å². The van der Waals surface area contributed by atoms with Gasteiger partial charge >= 0.3 is 0 Å². The average molecular weight is 424 g/mol. The summed E-state index contributed by atoms with van der Waals surface area (Å²) in [5.74, 6) is 0. The van der Waals surface area contributed by atoms with Crippen LogP contribution >= 0.6 is 0 Å². The molecule has 0 spiro atoms. The number of hydrogen-bond donors (Lipinski definition) is 1. The summed E-state index contributed by atoms with van der Waals surface area (Å²) < 4.78 is 0. The zero-order valence-electron chi connectivity index (χ0n) is 19.3. The van der Waals surface area contributed by atoms with Gasteiger partial charge < -0.3 is 15.1 Å². The summed E-state index contributed by atoms with van der Waals surface area (Å²) in [6, 6.07) is 35.0. The van der Waals surface area contributed by atoms with Gasteiger partial charge in [0.15, 0.2) is 0 Å². The molecule has 0 aliphatic heterocycles. The van der Waals surface area contributed by atoms with Crippen LogP contribution in [-0.4, -0.2) is 32.1 Å². The molecule has 0 saturated carbocycles. The monoisotopic (exact) mass is 423 g/mol. The summed E-state index contributed by atoms with van der Waals surface area (Å²) >= 11 is 0. The van der Waals surface area contributed by atoms with Crippen LogP contribution in [0.1, 0.15) is 24.1 Å². The van der Waals surface area contributed by atoms with Gasteiger partial charge in [0.1, 0.15) is 0 Å². The maximum Gasteiger partial charge on any atom is 0.0411 e. The van der Waals surface area contributed by atoms with Gasteiger partial charge in [0, 0.05) is 37.1 Å². The number of nitrogens with one attached hydrogen (secondary N) is 1. The molecule has 1 N–H and O–H groups in total. The number of likely N-dealkylation sites (N-methyl/N-ethyl adjacent to an activating group) is 1. The Balaban J connectivity index is 1.45. The van der Waals surface area contributed by atoms with Crippen LogP contribution in [0.25, 0.3) is 10.8 Å². The molecule has 0 amide bonds. The predicted molar refractivity (Wildman–Crippen MR) is 138 cm³/mol. The first-order valence-corrected chi connectivity index (χ1v) is 11.4. The van der Waals surface area contributed by atoms with E-state index < -0.39 is 0 Å². The molecule has 0 fully saturated rings. The van der Waals surface area contributed by atoms with Gasteiger partial charge in [-0.2, -0.15) is 0 Å². The van der Waals surface area contributed by atoms with Crippen molar-refractivity contribution in [3.63, 3.8) is 0 Å². The van der Waals surface area contributed by atoms with Crippen molar-refractivity contribution < 1.29 is 0 Å². The Morgan fingerprint density at radius 3 is 2.09 bits per heavy atom. The summed E-state index contributed by atoms with van der Waals surface area (Å²) in [6.07, 6.45) is 0. The molecular formula is C29H33N3. The van der Waals surface area contributed by atoms with E-state index in [1.807, 2.05) is 0 Å². The van der Waals surface area contributed by atoms with Crippen LogP contribution in [0, 0.1) is 0 Å². The standard InChI is InChI=1S/C29H33N3/c1-23(28-15-9-11-25-10-7-8-14-29(25)28)30-22-24-16-18-27(19-17-24)32(21-20-31(2)3)26-12-5-4-6-13-26/h4-19,23,30H,20-22H2,1-3H3/t23-/m1/s1. The second-order valence-electron chi connectivity index (χ2n) is 8.63. The van der Waals surface area contributed by atoms with E-state index in [0.717, 1.165) is 19.6 Å². The van der Waals surface area contributed by atoms with E-state index in [9.17, 15) is 0 Å². The molecule has 1 atom stereocenters. The molecule has 0 aliphatic carbocycles. The summed E-state index contributed by atoms with van der Waals surface area (Å²) in [4.78, 5) is 4.61. The number of para-hydroxylation sites is 1. The minimum absolute atomic E-state index is 0.279. The van der Waals surface area contributed by atoms with Crippen LogP contribution < -0.4 is 10.2 Å². The minimum Gasteiger partial charge on any atom is -0.340 e. The van der Waals surface area contributed by atoms with Crippen LogP contribution in [0.4, 0.5) is 11.4 Å². The van der Waals surface area contributed by atoms with Crippen molar-refractivity contribution in [3.05, 3.63) is 108 Å². The smallest absolute Gasteiger partial charge is 0.0411 e. The summed E-state index contributed by atoms with van der Waals surface area (Å²) in [6.45, 7) is 5.04. The number of fused-ring (bicyclic) bond motifs is 1. The Morgan fingerprint density at radius 2 is 1.34 bits per heavy atom. The van der Waals surface area contributed by atoms with Gasteiger partial charge in [-0.3, -0.25) is 0 Å². The third-order valence-corrected chi connectivity index (χ3v) is 5.99. The molecule has 0 unspecified atom stereocenters. The Kier molecular flexibility index (Phi) is 7.21. The van der Waals surface area contributed by atoms with Gasteiger partial charge in [0.25, 0.3) is 0 Å². The topological polar surface area (TPSA) is 18.5 Å². The first-order chi connectivity index (χ1) is 15.6. The molecule has 3 nitrogen and oxygen atoms in total. The van der Waals surface area contributed by atoms with Gasteiger partial charge in [-0.25, -0.2) is 0 Å². The van der Waals surface area contributed by atoms with Crippen LogP contribution in [0.3, 0.4) is 0 Å². The third kappa shape index (κ3) is 5.37. The first-order valence-electron chi connectivity index (χ1n) is 11.4. The highest BCUT2D eigenvalue weighted by molar-refractivity contribution is 5.86. The van der Waals surface area contributed by atoms with E-state index in [0.29, 0.717) is 0 Å². The predicted octanol–water partition coefficient (Wildman–Crippen LogP) is 6.39. The van der Waals surface area contributed by atoms with Crippen molar-refractivity contribution in [1.82, 2.24) is 10.2 Å². The van der Waals surface area contributed by atoms with Crippen LogP contribution in [0.15, 0.2) is 97.1 Å². The van der Waals surface area contributed by atoms with E-state index in [-0.39, 0.29) is 6.04 Å². The van der Waals surface area contributed by atoms with Crippen LogP contribution in [0.2, 0.25) is 0 Å². The Hall–Kier alpha value is -3.14. The maximum absolute atomic E-state index is 3.71. The average Bonchev–Trinajstić information content (AvgIpc) is 2.83. The highest BCUT2D eigenvalue weighted by Gasteiger charge is 2.11. The third-order valence-electron chi connectivity index (χ3n) is 5.99. The SMILES string of the molecule is C[C@@H](NCc1ccc(N(CCN(C)C)c2ccccc2)cc1)c1cccc2ccccc12. The second kappa shape index (κ2) is 10.4. The van der Waals surface area contributed by atoms with Gasteiger partial charge in [0.05, 0.1) is 0 Å². The number of hydrogen-bond acceptors (Lipinski definition) is 3. The quantitative estimate of drug-likeness (QED) is 0.336. The van der Waals surface area contributed by atoms with Gasteiger partial charge in [0.2, 0.25) is 0 Å². The molecule has 4 aromatic rings. The van der Waals surface area contributed by atoms with Gasteiger partial charge in [-0.05, 0) is 67.2 Å². The summed E-state index contributed by atoms with van der Waals surface area (Å²) in [7, 11) is 4.24. The molecule has 0 aromatic heterocycles. The van der Waals surface area contributed by atoms with Crippen LogP contribution in [0.5, 0.6) is 0 Å². The highest BCUT2D eigenvalue weighted by Crippen LogP contribution is 2.26. The number of rotatable bonds is 9. The fourth-order valence-corrected chi connectivity index (χ4v) is 4.12. The highest BCUT2D eigenvalue weighted by atomic mass is 15.2. The van der Waals surface area contributed by atoms with E-state index in [1.54, 1.807) is 0 Å². The Morgan fingerprint density at radius 1 is 0.688 bits per heavy atom. The van der Waals surface area contributed by atoms with E-state index in [4.69, 9.17) is 0 Å². The largest absolute Gasteiger partial charge is 0.340 e. The van der Waals surface area contributed by atoms with Crippen molar-refractivity contribution in [2.45, 2.75) is 19.5 Å². The fraction of sp³-hybridized carbons (Fsp3) is 0.241. The molecular weight excluding hydrogens is 390 g/mol. The lowest BCUT2D eigenvalue weighted by atomic mass is 9.99. The molecule has 0 radical (unpaired) electrons. The van der Waals surface area contributed by atoms with Gasteiger partial charge in [-0.1, -0.05) is 72.8 Å². The lowest BCUT2D eigenvalue weighted by molar-refractivity contribution is 0.419. The Bertz CT molecular complexity index is 1110. The molecule has 0 saturated heterocycles. The van der Waals surface area contributed by atoms with E-state index >= 15 is 0 Å². The lowest BCUT2D eigenvalue weighted by Gasteiger charge is -2.27. The van der Waals surface area contributed by atoms with Gasteiger partial charge in [-0.15, -0.1) is 0 Å². The number of benzene rings is 4. The summed E-state index contributed by atoms with van der Waals surface area (Å²) in [5.41, 5.74) is 5.09. The van der Waals surface area contributed by atoms with Crippen molar-refractivity contribution in [2.75, 3.05) is 32.1 Å². The number of nitrogens with zero attached hydrogens (tertiary/aromatic N) is 2. The molecule has 0 bridgehead atoms. The zero-order chi connectivity index (χ0) is 22.3. The van der Waals surface area contributed by atoms with E-state index in [2.05, 4.69) is 133 Å². The molecule has 0 aliphatic rings. The van der Waals surface area contributed by atoms with Crippen molar-refractivity contribution in [2.24, 2.45) is 0 Å². The molecule has 3 heteroatoms. The zero-order valence-corrected chi connectivity index (χ0v) is 19.3. The molecule has 0 heterocycles. The minimum atomic E-state index is 0.279. The molecule has 32 heavy (non-hydrogen) atoms. The number of anilines is 2. The second-order valence-corrected chi connectivity index (χ2v) is 8.63. The lowest BCUT2D eigenvalue weighted by Crippen LogP contribution is -2.28. The van der Waals surface area contributed by atoms with Crippen LogP contribution in [-0.2, 0) is 6.54 Å². The van der Waals surface area contributed by atoms with Crippen molar-refractivity contribution >= 4 is 22.1 Å². The molecule has 164 valence electrons. The van der Waals surface area contributed by atoms with Crippen molar-refractivity contribution in [3.8, 4) is 0 Å². The molecule has 4 rings (SSSR count). The van der Waals surface area contributed by atoms with E-state index in [1.165, 1.54) is 33.3 Å². The normalized spacial score (nSPS) is 12.2. The maximum atomic E-state index is 3.71. The molecule has 4 aromatic carbocycles.